The molecule has 2 fully saturated rings. The minimum absolute atomic E-state index is 0.0338. The van der Waals surface area contributed by atoms with E-state index < -0.39 is 5.82 Å². The van der Waals surface area contributed by atoms with E-state index in [2.05, 4.69) is 9.97 Å². The molecule has 1 aliphatic carbocycles. The van der Waals surface area contributed by atoms with Gasteiger partial charge < -0.3 is 19.2 Å². The fourth-order valence-corrected chi connectivity index (χ4v) is 3.78. The first-order valence-corrected chi connectivity index (χ1v) is 10.6. The molecule has 2 aromatic rings. The maximum absolute atomic E-state index is 14.8. The summed E-state index contributed by atoms with van der Waals surface area (Å²) in [7, 11) is 0. The molecule has 0 spiro atoms. The highest BCUT2D eigenvalue weighted by atomic mass is 19.1. The predicted octanol–water partition coefficient (Wildman–Crippen LogP) is 4.14. The van der Waals surface area contributed by atoms with Crippen LogP contribution in [0.2, 0.25) is 0 Å². The molecule has 6 nitrogen and oxygen atoms in total. The summed E-state index contributed by atoms with van der Waals surface area (Å²) < 4.78 is 26.4. The van der Waals surface area contributed by atoms with E-state index in [1.165, 1.54) is 6.33 Å². The molecule has 2 heterocycles. The first kappa shape index (κ1) is 20.6. The lowest BCUT2D eigenvalue weighted by atomic mass is 9.96. The molecule has 0 bridgehead atoms. The Morgan fingerprint density at radius 2 is 2.00 bits per heavy atom. The summed E-state index contributed by atoms with van der Waals surface area (Å²) in [6.07, 6.45) is 4.91. The highest BCUT2D eigenvalue weighted by molar-refractivity contribution is 5.76. The summed E-state index contributed by atoms with van der Waals surface area (Å²) >= 11 is 0. The third-order valence-electron chi connectivity index (χ3n) is 5.68. The summed E-state index contributed by atoms with van der Waals surface area (Å²) in [5.74, 6) is 1.49. The third-order valence-corrected chi connectivity index (χ3v) is 5.68. The summed E-state index contributed by atoms with van der Waals surface area (Å²) in [5, 5.41) is 0. The van der Waals surface area contributed by atoms with Gasteiger partial charge in [-0.3, -0.25) is 0 Å². The first-order chi connectivity index (χ1) is 14.5. The Hall–Kier alpha value is -2.70. The zero-order chi connectivity index (χ0) is 21.1. The van der Waals surface area contributed by atoms with E-state index in [0.717, 1.165) is 30.6 Å². The van der Waals surface area contributed by atoms with Crippen molar-refractivity contribution in [2.45, 2.75) is 51.6 Å². The second kappa shape index (κ2) is 8.98. The highest BCUT2D eigenvalue weighted by Gasteiger charge is 2.29. The average Bonchev–Trinajstić information content (AvgIpc) is 3.44. The van der Waals surface area contributed by atoms with Gasteiger partial charge in [0.2, 0.25) is 5.82 Å². The number of hydrogen-bond donors (Lipinski definition) is 0. The topological polar surface area (TPSA) is 64.5 Å². The molecule has 0 radical (unpaired) electrons. The molecular formula is C23H28FN3O3. The SMILES string of the molecule is CC(=O)C[C@@H](C)c1ccc(O[C@@H]2CCN(c3ncnc(OCC4CC4)c3F)C2)cc1. The molecule has 1 saturated heterocycles. The van der Waals surface area contributed by atoms with Crippen molar-refractivity contribution in [1.82, 2.24) is 9.97 Å². The number of carbonyl (C=O) groups excluding carboxylic acids is 1. The van der Waals surface area contributed by atoms with Crippen LogP contribution in [-0.2, 0) is 4.79 Å². The molecule has 0 unspecified atom stereocenters. The van der Waals surface area contributed by atoms with Gasteiger partial charge in [-0.2, -0.15) is 9.37 Å². The number of ketones is 1. The van der Waals surface area contributed by atoms with E-state index in [0.29, 0.717) is 32.0 Å². The van der Waals surface area contributed by atoms with Crippen LogP contribution >= 0.6 is 0 Å². The van der Waals surface area contributed by atoms with Gasteiger partial charge in [0.05, 0.1) is 13.2 Å². The van der Waals surface area contributed by atoms with Gasteiger partial charge in [-0.25, -0.2) is 4.98 Å². The van der Waals surface area contributed by atoms with Gasteiger partial charge in [0, 0.05) is 19.4 Å². The van der Waals surface area contributed by atoms with Gasteiger partial charge in [0.1, 0.15) is 24.0 Å². The number of aromatic nitrogens is 2. The number of anilines is 1. The van der Waals surface area contributed by atoms with Gasteiger partial charge in [-0.15, -0.1) is 0 Å². The first-order valence-electron chi connectivity index (χ1n) is 10.6. The largest absolute Gasteiger partial charge is 0.489 e. The van der Waals surface area contributed by atoms with E-state index >= 15 is 0 Å². The maximum atomic E-state index is 14.8. The van der Waals surface area contributed by atoms with E-state index in [1.54, 1.807) is 6.92 Å². The molecule has 1 aromatic carbocycles. The summed E-state index contributed by atoms with van der Waals surface area (Å²) in [4.78, 5) is 21.3. The summed E-state index contributed by atoms with van der Waals surface area (Å²) in [6.45, 7) is 5.39. The molecule has 2 atom stereocenters. The van der Waals surface area contributed by atoms with E-state index in [4.69, 9.17) is 9.47 Å². The number of carbonyl (C=O) groups is 1. The van der Waals surface area contributed by atoms with Crippen molar-refractivity contribution in [2.24, 2.45) is 5.92 Å². The Morgan fingerprint density at radius 1 is 1.23 bits per heavy atom. The smallest absolute Gasteiger partial charge is 0.255 e. The Morgan fingerprint density at radius 3 is 2.70 bits per heavy atom. The molecule has 4 rings (SSSR count). The van der Waals surface area contributed by atoms with Gasteiger partial charge >= 0.3 is 0 Å². The Kier molecular flexibility index (Phi) is 6.16. The summed E-state index contributed by atoms with van der Waals surface area (Å²) in [5.41, 5.74) is 1.12. The number of nitrogens with zero attached hydrogens (tertiary/aromatic N) is 3. The van der Waals surface area contributed by atoms with Crippen LogP contribution in [0.5, 0.6) is 11.6 Å². The number of rotatable bonds is 9. The van der Waals surface area contributed by atoms with E-state index in [-0.39, 0.29) is 29.5 Å². The van der Waals surface area contributed by atoms with Crippen LogP contribution in [0.15, 0.2) is 30.6 Å². The molecule has 2 aliphatic rings. The van der Waals surface area contributed by atoms with Crippen LogP contribution in [-0.4, -0.2) is 41.6 Å². The van der Waals surface area contributed by atoms with Crippen LogP contribution in [0.25, 0.3) is 0 Å². The molecule has 160 valence electrons. The van der Waals surface area contributed by atoms with Crippen LogP contribution in [0.3, 0.4) is 0 Å². The van der Waals surface area contributed by atoms with Crippen molar-refractivity contribution in [3.8, 4) is 11.6 Å². The molecule has 1 saturated carbocycles. The van der Waals surface area contributed by atoms with Crippen LogP contribution in [0.4, 0.5) is 10.2 Å². The molecule has 0 amide bonds. The lowest BCUT2D eigenvalue weighted by Gasteiger charge is -2.19. The number of hydrogen-bond acceptors (Lipinski definition) is 6. The molecule has 1 aromatic heterocycles. The monoisotopic (exact) mass is 413 g/mol. The Bertz CT molecular complexity index is 886. The molecular weight excluding hydrogens is 385 g/mol. The van der Waals surface area contributed by atoms with Crippen molar-refractivity contribution in [2.75, 3.05) is 24.6 Å². The van der Waals surface area contributed by atoms with E-state index in [1.807, 2.05) is 36.1 Å². The van der Waals surface area contributed by atoms with Crippen molar-refractivity contribution in [1.29, 1.82) is 0 Å². The zero-order valence-electron chi connectivity index (χ0n) is 17.5. The molecule has 30 heavy (non-hydrogen) atoms. The van der Waals surface area contributed by atoms with Gasteiger partial charge in [0.25, 0.3) is 5.88 Å². The number of Topliss-reactive ketones (excluding diaryl/α,β-unsaturated/α-hetero) is 1. The Labute approximate surface area is 176 Å². The zero-order valence-corrected chi connectivity index (χ0v) is 17.5. The number of halogens is 1. The number of benzene rings is 1. The second-order valence-electron chi connectivity index (χ2n) is 8.42. The second-order valence-corrected chi connectivity index (χ2v) is 8.42. The number of ether oxygens (including phenoxy) is 2. The minimum atomic E-state index is -0.498. The fourth-order valence-electron chi connectivity index (χ4n) is 3.78. The van der Waals surface area contributed by atoms with Crippen molar-refractivity contribution in [3.63, 3.8) is 0 Å². The van der Waals surface area contributed by atoms with Crippen molar-refractivity contribution >= 4 is 11.6 Å². The van der Waals surface area contributed by atoms with Crippen molar-refractivity contribution in [3.05, 3.63) is 42.0 Å². The van der Waals surface area contributed by atoms with Gasteiger partial charge in [-0.1, -0.05) is 19.1 Å². The van der Waals surface area contributed by atoms with Gasteiger partial charge in [-0.05, 0) is 49.3 Å². The molecule has 1 aliphatic heterocycles. The fraction of sp³-hybridized carbons (Fsp3) is 0.522. The van der Waals surface area contributed by atoms with Crippen LogP contribution in [0, 0.1) is 11.7 Å². The summed E-state index contributed by atoms with van der Waals surface area (Å²) in [6, 6.07) is 7.87. The average molecular weight is 413 g/mol. The quantitative estimate of drug-likeness (QED) is 0.616. The van der Waals surface area contributed by atoms with Crippen molar-refractivity contribution < 1.29 is 18.7 Å². The molecule has 7 heteroatoms. The highest BCUT2D eigenvalue weighted by Crippen LogP contribution is 2.32. The minimum Gasteiger partial charge on any atom is -0.489 e. The van der Waals surface area contributed by atoms with Crippen LogP contribution < -0.4 is 14.4 Å². The Balaban J connectivity index is 1.34. The lowest BCUT2D eigenvalue weighted by Crippen LogP contribution is -2.26. The lowest BCUT2D eigenvalue weighted by molar-refractivity contribution is -0.117. The predicted molar refractivity (Wildman–Crippen MR) is 112 cm³/mol. The molecule has 0 N–H and O–H groups in total. The third kappa shape index (κ3) is 5.07. The maximum Gasteiger partial charge on any atom is 0.255 e. The normalized spacial score (nSPS) is 19.6. The van der Waals surface area contributed by atoms with Gasteiger partial charge in [0.15, 0.2) is 5.82 Å². The van der Waals surface area contributed by atoms with Crippen LogP contribution in [0.1, 0.15) is 51.0 Å². The van der Waals surface area contributed by atoms with E-state index in [9.17, 15) is 9.18 Å². The standard InChI is InChI=1S/C23H28FN3O3/c1-15(11-16(2)28)18-5-7-19(8-6-18)30-20-9-10-27(12-20)22-21(24)23(26-14-25-22)29-13-17-3-4-17/h5-8,14-15,17,20H,3-4,9-13H2,1-2H3/t15-,20-/m1/s1.